The van der Waals surface area contributed by atoms with Gasteiger partial charge in [-0.25, -0.2) is 4.79 Å². The molecule has 0 atom stereocenters. The molecule has 0 saturated carbocycles. The van der Waals surface area contributed by atoms with Crippen molar-refractivity contribution in [3.8, 4) is 0 Å². The number of rotatable bonds is 8. The number of amides is 1. The van der Waals surface area contributed by atoms with Crippen molar-refractivity contribution in [2.45, 2.75) is 32.5 Å². The third-order valence-electron chi connectivity index (χ3n) is 5.64. The van der Waals surface area contributed by atoms with Crippen LogP contribution in [-0.2, 0) is 24.4 Å². The van der Waals surface area contributed by atoms with E-state index in [9.17, 15) is 14.4 Å². The average molecular weight is 496 g/mol. The fraction of sp³-hybridized carbons (Fsp3) is 0.192. The van der Waals surface area contributed by atoms with Gasteiger partial charge in [-0.1, -0.05) is 71.7 Å². The third-order valence-corrected chi connectivity index (χ3v) is 6.38. The molecule has 0 aliphatic rings. The summed E-state index contributed by atoms with van der Waals surface area (Å²) in [7, 11) is 0. The Morgan fingerprint density at radius 2 is 1.41 bits per heavy atom. The zero-order chi connectivity index (χ0) is 24.1. The van der Waals surface area contributed by atoms with E-state index < -0.39 is 5.69 Å². The second kappa shape index (κ2) is 10.7. The van der Waals surface area contributed by atoms with Crippen LogP contribution < -0.4 is 16.6 Å². The highest BCUT2D eigenvalue weighted by Gasteiger charge is 2.14. The van der Waals surface area contributed by atoms with Crippen LogP contribution in [0.25, 0.3) is 10.9 Å². The molecule has 1 aromatic heterocycles. The van der Waals surface area contributed by atoms with Gasteiger partial charge in [0, 0.05) is 29.6 Å². The van der Waals surface area contributed by atoms with Crippen LogP contribution in [0, 0.1) is 0 Å². The number of fused-ring (bicyclic) bond motifs is 1. The number of halogens is 2. The molecule has 6 nitrogen and oxygen atoms in total. The number of nitrogens with zero attached hydrogens (tertiary/aromatic N) is 2. The van der Waals surface area contributed by atoms with Crippen molar-refractivity contribution in [2.24, 2.45) is 0 Å². The summed E-state index contributed by atoms with van der Waals surface area (Å²) in [6.07, 6.45) is 0.515. The molecular weight excluding hydrogens is 473 g/mol. The summed E-state index contributed by atoms with van der Waals surface area (Å²) < 4.78 is 2.75. The molecule has 0 spiro atoms. The van der Waals surface area contributed by atoms with Gasteiger partial charge in [-0.05, 0) is 41.8 Å². The number of hydrogen-bond donors (Lipinski definition) is 1. The number of hydrogen-bond acceptors (Lipinski definition) is 3. The molecule has 1 heterocycles. The fourth-order valence-electron chi connectivity index (χ4n) is 3.84. The Labute approximate surface area is 206 Å². The first kappa shape index (κ1) is 23.8. The second-order valence-electron chi connectivity index (χ2n) is 7.91. The highest BCUT2D eigenvalue weighted by molar-refractivity contribution is 6.31. The Hall–Kier alpha value is -3.35. The first-order valence-electron chi connectivity index (χ1n) is 10.9. The van der Waals surface area contributed by atoms with Crippen molar-refractivity contribution in [3.63, 3.8) is 0 Å². The summed E-state index contributed by atoms with van der Waals surface area (Å²) in [6, 6.07) is 21.6. The van der Waals surface area contributed by atoms with Crippen LogP contribution in [0.2, 0.25) is 10.0 Å². The van der Waals surface area contributed by atoms with E-state index in [0.717, 1.165) is 11.1 Å². The van der Waals surface area contributed by atoms with Gasteiger partial charge < -0.3 is 5.32 Å². The average Bonchev–Trinajstić information content (AvgIpc) is 2.84. The minimum Gasteiger partial charge on any atom is -0.352 e. The van der Waals surface area contributed by atoms with Gasteiger partial charge in [0.15, 0.2) is 0 Å². The largest absolute Gasteiger partial charge is 0.352 e. The minimum atomic E-state index is -0.430. The summed E-state index contributed by atoms with van der Waals surface area (Å²) in [5.74, 6) is -0.176. The molecule has 1 amide bonds. The van der Waals surface area contributed by atoms with E-state index in [1.807, 2.05) is 36.4 Å². The Kier molecular flexibility index (Phi) is 7.50. The van der Waals surface area contributed by atoms with Gasteiger partial charge in [-0.3, -0.25) is 18.7 Å². The van der Waals surface area contributed by atoms with Gasteiger partial charge in [0.25, 0.3) is 5.56 Å². The predicted octanol–water partition coefficient (Wildman–Crippen LogP) is 4.61. The standard InChI is InChI=1S/C26H23Cl2N3O3/c27-21-11-4-1-8-18(21)16-29-24(32)14-7-15-30-25(33)20-10-3-6-13-23(20)31(26(30)34)17-19-9-2-5-12-22(19)28/h1-6,8-13H,7,14-17H2,(H,29,32). The lowest BCUT2D eigenvalue weighted by molar-refractivity contribution is -0.121. The normalized spacial score (nSPS) is 11.0. The molecule has 0 aliphatic heterocycles. The molecule has 3 aromatic carbocycles. The molecule has 34 heavy (non-hydrogen) atoms. The first-order valence-corrected chi connectivity index (χ1v) is 11.7. The summed E-state index contributed by atoms with van der Waals surface area (Å²) >= 11 is 12.4. The minimum absolute atomic E-state index is 0.129. The lowest BCUT2D eigenvalue weighted by Crippen LogP contribution is -2.40. The Morgan fingerprint density at radius 1 is 0.794 bits per heavy atom. The molecule has 0 aliphatic carbocycles. The van der Waals surface area contributed by atoms with Crippen LogP contribution in [0.3, 0.4) is 0 Å². The molecular formula is C26H23Cl2N3O3. The second-order valence-corrected chi connectivity index (χ2v) is 8.72. The molecule has 1 N–H and O–H groups in total. The van der Waals surface area contributed by atoms with E-state index in [2.05, 4.69) is 5.32 Å². The quantitative estimate of drug-likeness (QED) is 0.387. The summed E-state index contributed by atoms with van der Waals surface area (Å²) in [5.41, 5.74) is 1.35. The maximum Gasteiger partial charge on any atom is 0.331 e. The van der Waals surface area contributed by atoms with Crippen LogP contribution in [0.5, 0.6) is 0 Å². The molecule has 0 unspecified atom stereocenters. The van der Waals surface area contributed by atoms with E-state index in [4.69, 9.17) is 23.2 Å². The Balaban J connectivity index is 1.53. The number of aromatic nitrogens is 2. The molecule has 4 rings (SSSR count). The maximum atomic E-state index is 13.3. The number of para-hydroxylation sites is 1. The van der Waals surface area contributed by atoms with Crippen molar-refractivity contribution in [3.05, 3.63) is 115 Å². The van der Waals surface area contributed by atoms with Crippen LogP contribution in [0.15, 0.2) is 82.4 Å². The van der Waals surface area contributed by atoms with E-state index in [1.54, 1.807) is 41.0 Å². The topological polar surface area (TPSA) is 73.1 Å². The van der Waals surface area contributed by atoms with Gasteiger partial charge in [0.2, 0.25) is 5.91 Å². The molecule has 0 fully saturated rings. The van der Waals surface area contributed by atoms with E-state index >= 15 is 0 Å². The molecule has 0 radical (unpaired) electrons. The Morgan fingerprint density at radius 3 is 2.12 bits per heavy atom. The summed E-state index contributed by atoms with van der Waals surface area (Å²) in [5, 5.41) is 4.40. The Bertz CT molecular complexity index is 1460. The molecule has 8 heteroatoms. The van der Waals surface area contributed by atoms with Gasteiger partial charge >= 0.3 is 5.69 Å². The summed E-state index contributed by atoms with van der Waals surface area (Å²) in [4.78, 5) is 38.7. The monoisotopic (exact) mass is 495 g/mol. The van der Waals surface area contributed by atoms with Crippen molar-refractivity contribution < 1.29 is 4.79 Å². The smallest absolute Gasteiger partial charge is 0.331 e. The SMILES string of the molecule is O=C(CCCn1c(=O)c2ccccc2n(Cc2ccccc2Cl)c1=O)NCc1ccccc1Cl. The number of carbonyl (C=O) groups excluding carboxylic acids is 1. The fourth-order valence-corrected chi connectivity index (χ4v) is 4.24. The van der Waals surface area contributed by atoms with Crippen molar-refractivity contribution in [1.29, 1.82) is 0 Å². The van der Waals surface area contributed by atoms with Crippen LogP contribution in [0.1, 0.15) is 24.0 Å². The molecule has 0 bridgehead atoms. The lowest BCUT2D eigenvalue weighted by atomic mass is 10.2. The van der Waals surface area contributed by atoms with Crippen molar-refractivity contribution in [1.82, 2.24) is 14.5 Å². The van der Waals surface area contributed by atoms with Gasteiger partial charge in [-0.2, -0.15) is 0 Å². The molecule has 0 saturated heterocycles. The zero-order valence-corrected chi connectivity index (χ0v) is 19.9. The highest BCUT2D eigenvalue weighted by atomic mass is 35.5. The maximum absolute atomic E-state index is 13.3. The van der Waals surface area contributed by atoms with Crippen LogP contribution >= 0.6 is 23.2 Å². The summed E-state index contributed by atoms with van der Waals surface area (Å²) in [6.45, 7) is 0.682. The van der Waals surface area contributed by atoms with Gasteiger partial charge in [0.1, 0.15) is 0 Å². The third kappa shape index (κ3) is 5.24. The predicted molar refractivity (Wildman–Crippen MR) is 136 cm³/mol. The van der Waals surface area contributed by atoms with E-state index in [0.29, 0.717) is 33.9 Å². The van der Waals surface area contributed by atoms with Crippen molar-refractivity contribution in [2.75, 3.05) is 0 Å². The molecule has 4 aromatic rings. The number of carbonyl (C=O) groups is 1. The highest BCUT2D eigenvalue weighted by Crippen LogP contribution is 2.18. The van der Waals surface area contributed by atoms with Gasteiger partial charge in [-0.15, -0.1) is 0 Å². The zero-order valence-electron chi connectivity index (χ0n) is 18.3. The molecule has 174 valence electrons. The van der Waals surface area contributed by atoms with Crippen LogP contribution in [0.4, 0.5) is 0 Å². The lowest BCUT2D eigenvalue weighted by Gasteiger charge is -2.15. The van der Waals surface area contributed by atoms with Crippen molar-refractivity contribution >= 4 is 40.0 Å². The van der Waals surface area contributed by atoms with E-state index in [1.165, 1.54) is 4.57 Å². The number of benzene rings is 3. The first-order chi connectivity index (χ1) is 16.5. The van der Waals surface area contributed by atoms with Crippen LogP contribution in [-0.4, -0.2) is 15.0 Å². The van der Waals surface area contributed by atoms with E-state index in [-0.39, 0.29) is 31.0 Å². The van der Waals surface area contributed by atoms with Gasteiger partial charge in [0.05, 0.1) is 17.4 Å². The number of nitrogens with one attached hydrogen (secondary N) is 1.